The van der Waals surface area contributed by atoms with Gasteiger partial charge in [0.2, 0.25) is 5.91 Å². The van der Waals surface area contributed by atoms with Gasteiger partial charge in [-0.1, -0.05) is 32.0 Å². The van der Waals surface area contributed by atoms with Gasteiger partial charge >= 0.3 is 0 Å². The molecule has 116 valence electrons. The van der Waals surface area contributed by atoms with Crippen LogP contribution in [-0.4, -0.2) is 25.7 Å². The van der Waals surface area contributed by atoms with Crippen molar-refractivity contribution in [2.75, 3.05) is 25.1 Å². The maximum atomic E-state index is 12.8. The van der Waals surface area contributed by atoms with E-state index in [0.717, 1.165) is 11.3 Å². The van der Waals surface area contributed by atoms with Crippen LogP contribution in [0.15, 0.2) is 18.2 Å². The van der Waals surface area contributed by atoms with E-state index in [0.29, 0.717) is 38.5 Å². The van der Waals surface area contributed by atoms with Crippen molar-refractivity contribution < 1.29 is 9.53 Å². The van der Waals surface area contributed by atoms with Gasteiger partial charge in [-0.15, -0.1) is 0 Å². The molecule has 0 radical (unpaired) electrons. The minimum atomic E-state index is -0.491. The first-order chi connectivity index (χ1) is 10.00. The lowest BCUT2D eigenvalue weighted by atomic mass is 9.79. The van der Waals surface area contributed by atoms with Crippen molar-refractivity contribution in [3.8, 4) is 0 Å². The van der Waals surface area contributed by atoms with Crippen LogP contribution in [0.25, 0.3) is 0 Å². The van der Waals surface area contributed by atoms with E-state index in [1.54, 1.807) is 0 Å². The molecule has 0 bridgehead atoms. The van der Waals surface area contributed by atoms with Gasteiger partial charge in [0.05, 0.1) is 5.41 Å². The van der Waals surface area contributed by atoms with Gasteiger partial charge in [-0.25, -0.2) is 0 Å². The minimum Gasteiger partial charge on any atom is -0.381 e. The zero-order chi connectivity index (χ0) is 15.5. The molecule has 1 aliphatic rings. The Morgan fingerprint density at radius 2 is 2.05 bits per heavy atom. The van der Waals surface area contributed by atoms with Crippen molar-refractivity contribution in [2.24, 2.45) is 11.1 Å². The van der Waals surface area contributed by atoms with Crippen molar-refractivity contribution in [1.82, 2.24) is 0 Å². The van der Waals surface area contributed by atoms with Gasteiger partial charge in [-0.05, 0) is 36.8 Å². The number of ether oxygens (including phenoxy) is 1. The summed E-state index contributed by atoms with van der Waals surface area (Å²) in [4.78, 5) is 12.8. The maximum absolute atomic E-state index is 12.8. The third-order valence-electron chi connectivity index (χ3n) is 4.49. The van der Waals surface area contributed by atoms with Crippen LogP contribution in [0.1, 0.15) is 43.7 Å². The van der Waals surface area contributed by atoms with E-state index in [1.165, 1.54) is 5.56 Å². The second-order valence-electron chi connectivity index (χ2n) is 6.24. The highest BCUT2D eigenvalue weighted by molar-refractivity contribution is 5.97. The predicted octanol–water partition coefficient (Wildman–Crippen LogP) is 2.81. The molecule has 0 atom stereocenters. The standard InChI is InChI=1S/C17H26N2O2/c1-12(2)14-6-4-5-13(3)15(14)19-16(20)17(11-18)7-9-21-10-8-17/h4-6,12H,7-11,18H2,1-3H3,(H,19,20). The van der Waals surface area contributed by atoms with E-state index >= 15 is 0 Å². The molecule has 1 aromatic rings. The number of para-hydroxylation sites is 1. The topological polar surface area (TPSA) is 64.4 Å². The highest BCUT2D eigenvalue weighted by atomic mass is 16.5. The van der Waals surface area contributed by atoms with Crippen molar-refractivity contribution in [3.63, 3.8) is 0 Å². The fourth-order valence-electron chi connectivity index (χ4n) is 2.87. The third kappa shape index (κ3) is 3.27. The van der Waals surface area contributed by atoms with E-state index in [-0.39, 0.29) is 5.91 Å². The SMILES string of the molecule is Cc1cccc(C(C)C)c1NC(=O)C1(CN)CCOCC1. The Morgan fingerprint density at radius 3 is 2.62 bits per heavy atom. The van der Waals surface area contributed by atoms with Gasteiger partial charge in [0.25, 0.3) is 0 Å². The largest absolute Gasteiger partial charge is 0.381 e. The molecule has 1 saturated heterocycles. The monoisotopic (exact) mass is 290 g/mol. The number of rotatable bonds is 4. The van der Waals surface area contributed by atoms with E-state index in [9.17, 15) is 4.79 Å². The molecule has 1 fully saturated rings. The number of amides is 1. The second-order valence-corrected chi connectivity index (χ2v) is 6.24. The number of carbonyl (C=O) groups is 1. The summed E-state index contributed by atoms with van der Waals surface area (Å²) in [6.07, 6.45) is 1.39. The molecule has 0 aliphatic carbocycles. The minimum absolute atomic E-state index is 0.0319. The van der Waals surface area contributed by atoms with Crippen molar-refractivity contribution in [1.29, 1.82) is 0 Å². The average molecular weight is 290 g/mol. The number of nitrogens with two attached hydrogens (primary N) is 1. The summed E-state index contributed by atoms with van der Waals surface area (Å²) in [6, 6.07) is 6.14. The summed E-state index contributed by atoms with van der Waals surface area (Å²) in [5, 5.41) is 3.15. The highest BCUT2D eigenvalue weighted by Gasteiger charge is 2.39. The lowest BCUT2D eigenvalue weighted by Crippen LogP contribution is -2.46. The first-order valence-corrected chi connectivity index (χ1v) is 7.69. The molecule has 1 heterocycles. The van der Waals surface area contributed by atoms with Crippen LogP contribution in [0.5, 0.6) is 0 Å². The van der Waals surface area contributed by atoms with Crippen LogP contribution in [0, 0.1) is 12.3 Å². The van der Waals surface area contributed by atoms with Crippen LogP contribution >= 0.6 is 0 Å². The second kappa shape index (κ2) is 6.58. The molecule has 0 spiro atoms. The van der Waals surface area contributed by atoms with Crippen LogP contribution in [-0.2, 0) is 9.53 Å². The Morgan fingerprint density at radius 1 is 1.38 bits per heavy atom. The summed E-state index contributed by atoms with van der Waals surface area (Å²) < 4.78 is 5.38. The molecular formula is C17H26N2O2. The fraction of sp³-hybridized carbons (Fsp3) is 0.588. The molecule has 0 aromatic heterocycles. The Kier molecular flexibility index (Phi) is 5.01. The molecule has 21 heavy (non-hydrogen) atoms. The quantitative estimate of drug-likeness (QED) is 0.896. The summed E-state index contributed by atoms with van der Waals surface area (Å²) in [5.41, 5.74) is 8.62. The number of anilines is 1. The number of carbonyl (C=O) groups excluding carboxylic acids is 1. The average Bonchev–Trinajstić information content (AvgIpc) is 2.49. The van der Waals surface area contributed by atoms with Crippen LogP contribution in [0.3, 0.4) is 0 Å². The van der Waals surface area contributed by atoms with Crippen molar-refractivity contribution >= 4 is 11.6 Å². The first kappa shape index (κ1) is 16.0. The Bertz CT molecular complexity index is 506. The third-order valence-corrected chi connectivity index (χ3v) is 4.49. The molecule has 0 saturated carbocycles. The molecule has 4 nitrogen and oxygen atoms in total. The van der Waals surface area contributed by atoms with Crippen LogP contribution in [0.4, 0.5) is 5.69 Å². The number of benzene rings is 1. The van der Waals surface area contributed by atoms with E-state index in [4.69, 9.17) is 10.5 Å². The highest BCUT2D eigenvalue weighted by Crippen LogP contribution is 2.33. The van der Waals surface area contributed by atoms with Crippen LogP contribution < -0.4 is 11.1 Å². The molecule has 3 N–H and O–H groups in total. The van der Waals surface area contributed by atoms with Gasteiger partial charge < -0.3 is 15.8 Å². The fourth-order valence-corrected chi connectivity index (χ4v) is 2.87. The zero-order valence-electron chi connectivity index (χ0n) is 13.2. The Labute approximate surface area is 127 Å². The lowest BCUT2D eigenvalue weighted by Gasteiger charge is -2.35. The van der Waals surface area contributed by atoms with Gasteiger partial charge in [-0.3, -0.25) is 4.79 Å². The Hall–Kier alpha value is -1.39. The van der Waals surface area contributed by atoms with Gasteiger partial charge in [0, 0.05) is 25.4 Å². The molecule has 1 amide bonds. The summed E-state index contributed by atoms with van der Waals surface area (Å²) in [6.45, 7) is 7.88. The summed E-state index contributed by atoms with van der Waals surface area (Å²) in [7, 11) is 0. The van der Waals surface area contributed by atoms with Crippen molar-refractivity contribution in [2.45, 2.75) is 39.5 Å². The molecule has 0 unspecified atom stereocenters. The van der Waals surface area contributed by atoms with Gasteiger partial charge in [0.15, 0.2) is 0 Å². The van der Waals surface area contributed by atoms with Crippen LogP contribution in [0.2, 0.25) is 0 Å². The smallest absolute Gasteiger partial charge is 0.232 e. The van der Waals surface area contributed by atoms with E-state index in [2.05, 4.69) is 25.2 Å². The molecule has 4 heteroatoms. The Balaban J connectivity index is 2.27. The number of aryl methyl sites for hydroxylation is 1. The predicted molar refractivity (Wildman–Crippen MR) is 85.4 cm³/mol. The number of nitrogens with one attached hydrogen (secondary N) is 1. The molecule has 1 aliphatic heterocycles. The normalized spacial score (nSPS) is 17.8. The van der Waals surface area contributed by atoms with Crippen molar-refractivity contribution in [3.05, 3.63) is 29.3 Å². The lowest BCUT2D eigenvalue weighted by molar-refractivity contribution is -0.130. The number of hydrogen-bond donors (Lipinski definition) is 2. The van der Waals surface area contributed by atoms with E-state index < -0.39 is 5.41 Å². The molecule has 2 rings (SSSR count). The van der Waals surface area contributed by atoms with Gasteiger partial charge in [-0.2, -0.15) is 0 Å². The zero-order valence-corrected chi connectivity index (χ0v) is 13.2. The maximum Gasteiger partial charge on any atom is 0.232 e. The summed E-state index contributed by atoms with van der Waals surface area (Å²) >= 11 is 0. The van der Waals surface area contributed by atoms with E-state index in [1.807, 2.05) is 19.1 Å². The molecule has 1 aromatic carbocycles. The molecular weight excluding hydrogens is 264 g/mol. The number of hydrogen-bond acceptors (Lipinski definition) is 3. The summed E-state index contributed by atoms with van der Waals surface area (Å²) in [5.74, 6) is 0.396. The first-order valence-electron chi connectivity index (χ1n) is 7.69. The van der Waals surface area contributed by atoms with Gasteiger partial charge in [0.1, 0.15) is 0 Å².